The highest BCUT2D eigenvalue weighted by atomic mass is 32.2. The normalized spacial score (nSPS) is 14.4. The van der Waals surface area contributed by atoms with Gasteiger partial charge in [-0.15, -0.1) is 10.2 Å². The largest absolute Gasteiger partial charge is 0.317 e. The number of rotatable bonds is 3. The summed E-state index contributed by atoms with van der Waals surface area (Å²) in [6.07, 6.45) is 2.74. The lowest BCUT2D eigenvalue weighted by molar-refractivity contribution is 0.582. The molecule has 0 saturated heterocycles. The van der Waals surface area contributed by atoms with Crippen molar-refractivity contribution >= 4 is 9.84 Å². The molecule has 5 nitrogen and oxygen atoms in total. The molecule has 0 aliphatic heterocycles. The van der Waals surface area contributed by atoms with Gasteiger partial charge in [-0.05, 0) is 13.8 Å². The van der Waals surface area contributed by atoms with Crippen molar-refractivity contribution in [3.63, 3.8) is 0 Å². The van der Waals surface area contributed by atoms with Gasteiger partial charge in [0.25, 0.3) is 0 Å². The van der Waals surface area contributed by atoms with Crippen LogP contribution in [0.25, 0.3) is 0 Å². The average molecular weight is 203 g/mol. The van der Waals surface area contributed by atoms with Crippen LogP contribution in [0.4, 0.5) is 0 Å². The molecule has 0 radical (unpaired) electrons. The molecule has 0 amide bonds. The quantitative estimate of drug-likeness (QED) is 0.713. The summed E-state index contributed by atoms with van der Waals surface area (Å²) in [7, 11) is -3.08. The third kappa shape index (κ3) is 2.06. The molecule has 0 aliphatic rings. The standard InChI is InChI=1S/C7H13N3O2S/c1-4-10-5-8-9-7(10)6(2)13(3,11)12/h5-6H,4H2,1-3H3. The maximum absolute atomic E-state index is 11.2. The molecular formula is C7H13N3O2S. The molecule has 1 rings (SSSR count). The van der Waals surface area contributed by atoms with Crippen LogP contribution in [0.5, 0.6) is 0 Å². The summed E-state index contributed by atoms with van der Waals surface area (Å²) < 4.78 is 24.2. The monoisotopic (exact) mass is 203 g/mol. The Labute approximate surface area is 77.7 Å². The molecule has 0 N–H and O–H groups in total. The summed E-state index contributed by atoms with van der Waals surface area (Å²) in [6.45, 7) is 4.22. The zero-order chi connectivity index (χ0) is 10.1. The molecule has 1 atom stereocenters. The van der Waals surface area contributed by atoms with Gasteiger partial charge in [0, 0.05) is 12.8 Å². The lowest BCUT2D eigenvalue weighted by atomic mass is 10.4. The van der Waals surface area contributed by atoms with Crippen molar-refractivity contribution in [2.45, 2.75) is 25.6 Å². The number of aromatic nitrogens is 3. The van der Waals surface area contributed by atoms with E-state index in [1.165, 1.54) is 12.6 Å². The predicted molar refractivity (Wildman–Crippen MR) is 49.0 cm³/mol. The minimum absolute atomic E-state index is 0.505. The third-order valence-electron chi connectivity index (χ3n) is 1.99. The first-order valence-corrected chi connectivity index (χ1v) is 5.98. The summed E-state index contributed by atoms with van der Waals surface area (Å²) in [4.78, 5) is 0. The van der Waals surface area contributed by atoms with Crippen LogP contribution in [-0.2, 0) is 16.4 Å². The Balaban J connectivity index is 3.08. The van der Waals surface area contributed by atoms with Gasteiger partial charge >= 0.3 is 0 Å². The van der Waals surface area contributed by atoms with Crippen molar-refractivity contribution in [1.29, 1.82) is 0 Å². The maximum atomic E-state index is 11.2. The van der Waals surface area contributed by atoms with E-state index >= 15 is 0 Å². The third-order valence-corrected chi connectivity index (χ3v) is 3.49. The molecule has 74 valence electrons. The SMILES string of the molecule is CCn1cnnc1C(C)S(C)(=O)=O. The number of nitrogens with zero attached hydrogens (tertiary/aromatic N) is 3. The fourth-order valence-electron chi connectivity index (χ4n) is 1.01. The molecule has 1 unspecified atom stereocenters. The van der Waals surface area contributed by atoms with Crippen molar-refractivity contribution in [2.75, 3.05) is 6.26 Å². The van der Waals surface area contributed by atoms with E-state index in [9.17, 15) is 8.42 Å². The molecule has 0 fully saturated rings. The smallest absolute Gasteiger partial charge is 0.157 e. The Morgan fingerprint density at radius 2 is 2.23 bits per heavy atom. The van der Waals surface area contributed by atoms with Crippen LogP contribution in [0.15, 0.2) is 6.33 Å². The lowest BCUT2D eigenvalue weighted by Crippen LogP contribution is -2.13. The lowest BCUT2D eigenvalue weighted by Gasteiger charge is -2.08. The first-order chi connectivity index (χ1) is 5.96. The molecule has 6 heteroatoms. The van der Waals surface area contributed by atoms with Crippen molar-refractivity contribution < 1.29 is 8.42 Å². The minimum atomic E-state index is -3.08. The summed E-state index contributed by atoms with van der Waals surface area (Å²) in [6, 6.07) is 0. The van der Waals surface area contributed by atoms with E-state index < -0.39 is 15.1 Å². The van der Waals surface area contributed by atoms with Crippen LogP contribution in [0, 0.1) is 0 Å². The van der Waals surface area contributed by atoms with Gasteiger partial charge in [0.2, 0.25) is 0 Å². The Morgan fingerprint density at radius 3 is 2.69 bits per heavy atom. The van der Waals surface area contributed by atoms with Crippen LogP contribution in [0.3, 0.4) is 0 Å². The van der Waals surface area contributed by atoms with Crippen LogP contribution < -0.4 is 0 Å². The molecule has 0 bridgehead atoms. The van der Waals surface area contributed by atoms with Crippen LogP contribution in [0.1, 0.15) is 24.9 Å². The van der Waals surface area contributed by atoms with Gasteiger partial charge < -0.3 is 4.57 Å². The summed E-state index contributed by atoms with van der Waals surface area (Å²) in [5.74, 6) is 0.505. The van der Waals surface area contributed by atoms with Gasteiger partial charge in [0.1, 0.15) is 11.6 Å². The fourth-order valence-corrected chi connectivity index (χ4v) is 1.58. The molecule has 1 aromatic rings. The fraction of sp³-hybridized carbons (Fsp3) is 0.714. The maximum Gasteiger partial charge on any atom is 0.157 e. The first-order valence-electron chi connectivity index (χ1n) is 4.03. The molecular weight excluding hydrogens is 190 g/mol. The van der Waals surface area contributed by atoms with Crippen LogP contribution in [0.2, 0.25) is 0 Å². The second kappa shape index (κ2) is 3.45. The van der Waals surface area contributed by atoms with Gasteiger partial charge in [-0.3, -0.25) is 0 Å². The van der Waals surface area contributed by atoms with Crippen molar-refractivity contribution in [3.8, 4) is 0 Å². The molecule has 1 aromatic heterocycles. The van der Waals surface area contributed by atoms with E-state index in [2.05, 4.69) is 10.2 Å². The van der Waals surface area contributed by atoms with E-state index in [1.54, 1.807) is 11.5 Å². The van der Waals surface area contributed by atoms with E-state index in [0.717, 1.165) is 0 Å². The predicted octanol–water partition coefficient (Wildman–Crippen LogP) is 0.404. The summed E-state index contributed by atoms with van der Waals surface area (Å²) in [5.41, 5.74) is 0. The number of aryl methyl sites for hydroxylation is 1. The Kier molecular flexibility index (Phi) is 2.70. The molecule has 1 heterocycles. The topological polar surface area (TPSA) is 64.8 Å². The Morgan fingerprint density at radius 1 is 1.62 bits per heavy atom. The van der Waals surface area contributed by atoms with Gasteiger partial charge in [-0.1, -0.05) is 0 Å². The van der Waals surface area contributed by atoms with Gasteiger partial charge in [0.15, 0.2) is 15.7 Å². The number of hydrogen-bond acceptors (Lipinski definition) is 4. The van der Waals surface area contributed by atoms with Crippen molar-refractivity contribution in [3.05, 3.63) is 12.2 Å². The average Bonchev–Trinajstić information content (AvgIpc) is 2.48. The number of hydrogen-bond donors (Lipinski definition) is 0. The zero-order valence-electron chi connectivity index (χ0n) is 7.93. The Bertz CT molecular complexity index is 382. The van der Waals surface area contributed by atoms with Gasteiger partial charge in [-0.25, -0.2) is 8.42 Å². The minimum Gasteiger partial charge on any atom is -0.317 e. The van der Waals surface area contributed by atoms with Crippen molar-refractivity contribution in [2.24, 2.45) is 0 Å². The molecule has 0 saturated carbocycles. The zero-order valence-corrected chi connectivity index (χ0v) is 8.74. The highest BCUT2D eigenvalue weighted by Crippen LogP contribution is 2.17. The van der Waals surface area contributed by atoms with Gasteiger partial charge in [-0.2, -0.15) is 0 Å². The molecule has 0 spiro atoms. The summed E-state index contributed by atoms with van der Waals surface area (Å²) >= 11 is 0. The molecule has 0 aliphatic carbocycles. The first kappa shape index (κ1) is 10.2. The van der Waals surface area contributed by atoms with E-state index in [1.807, 2.05) is 6.92 Å². The second-order valence-corrected chi connectivity index (χ2v) is 5.31. The van der Waals surface area contributed by atoms with E-state index in [4.69, 9.17) is 0 Å². The second-order valence-electron chi connectivity index (χ2n) is 2.95. The van der Waals surface area contributed by atoms with E-state index in [-0.39, 0.29) is 0 Å². The van der Waals surface area contributed by atoms with Crippen LogP contribution in [-0.4, -0.2) is 29.4 Å². The highest BCUT2D eigenvalue weighted by Gasteiger charge is 2.22. The highest BCUT2D eigenvalue weighted by molar-refractivity contribution is 7.90. The summed E-state index contributed by atoms with van der Waals surface area (Å²) in [5, 5.41) is 6.88. The van der Waals surface area contributed by atoms with Crippen LogP contribution >= 0.6 is 0 Å². The Hall–Kier alpha value is -0.910. The van der Waals surface area contributed by atoms with E-state index in [0.29, 0.717) is 12.4 Å². The molecule has 0 aromatic carbocycles. The molecule has 13 heavy (non-hydrogen) atoms. The number of sulfone groups is 1. The van der Waals surface area contributed by atoms with Crippen molar-refractivity contribution in [1.82, 2.24) is 14.8 Å². The van der Waals surface area contributed by atoms with Gasteiger partial charge in [0.05, 0.1) is 0 Å².